The summed E-state index contributed by atoms with van der Waals surface area (Å²) in [5, 5.41) is 0. The van der Waals surface area contributed by atoms with E-state index in [1.807, 2.05) is 6.08 Å². The lowest BCUT2D eigenvalue weighted by molar-refractivity contribution is -0.132. The molecule has 4 aliphatic carbocycles. The first-order valence-corrected chi connectivity index (χ1v) is 9.39. The van der Waals surface area contributed by atoms with Gasteiger partial charge in [0, 0.05) is 22.8 Å². The van der Waals surface area contributed by atoms with Gasteiger partial charge in [-0.1, -0.05) is 39.5 Å². The van der Waals surface area contributed by atoms with Gasteiger partial charge in [-0.05, 0) is 61.0 Å². The molecule has 4 rings (SSSR count). The molecule has 0 heterocycles. The molecule has 2 heteroatoms. The third kappa shape index (κ3) is 1.72. The molecule has 0 spiro atoms. The van der Waals surface area contributed by atoms with Crippen molar-refractivity contribution >= 4 is 11.6 Å². The van der Waals surface area contributed by atoms with Crippen LogP contribution in [0.1, 0.15) is 52.9 Å². The van der Waals surface area contributed by atoms with Crippen molar-refractivity contribution in [3.05, 3.63) is 36.0 Å². The molecule has 0 aromatic rings. The van der Waals surface area contributed by atoms with Crippen LogP contribution in [0.15, 0.2) is 36.0 Å². The topological polar surface area (TPSA) is 34.1 Å². The number of carbonyl (C=O) groups excluding carboxylic acids is 2. The van der Waals surface area contributed by atoms with E-state index >= 15 is 0 Å². The minimum atomic E-state index is -0.152. The number of Topliss-reactive ketones (excluding diaryl/α,β-unsaturated/α-hetero) is 1. The van der Waals surface area contributed by atoms with E-state index in [-0.39, 0.29) is 16.6 Å². The van der Waals surface area contributed by atoms with Gasteiger partial charge in [-0.3, -0.25) is 9.59 Å². The Morgan fingerprint density at radius 3 is 2.54 bits per heavy atom. The Morgan fingerprint density at radius 1 is 1.12 bits per heavy atom. The van der Waals surface area contributed by atoms with Gasteiger partial charge in [0.15, 0.2) is 5.78 Å². The number of ketones is 2. The van der Waals surface area contributed by atoms with E-state index in [9.17, 15) is 9.59 Å². The average Bonchev–Trinajstić information content (AvgIpc) is 2.84. The smallest absolute Gasteiger partial charge is 0.185 e. The molecule has 0 aromatic heterocycles. The van der Waals surface area contributed by atoms with E-state index < -0.39 is 0 Å². The summed E-state index contributed by atoms with van der Waals surface area (Å²) in [5.74, 6) is 2.44. The Balaban J connectivity index is 1.82. The molecule has 1 unspecified atom stereocenters. The summed E-state index contributed by atoms with van der Waals surface area (Å²) in [7, 11) is 0. The number of hydrogen-bond acceptors (Lipinski definition) is 2. The fourth-order valence-corrected chi connectivity index (χ4v) is 6.75. The Labute approximate surface area is 145 Å². The van der Waals surface area contributed by atoms with Crippen LogP contribution in [0.2, 0.25) is 0 Å². The van der Waals surface area contributed by atoms with Crippen molar-refractivity contribution in [2.24, 2.45) is 34.5 Å². The fourth-order valence-electron chi connectivity index (χ4n) is 6.75. The Bertz CT molecular complexity index is 711. The molecule has 24 heavy (non-hydrogen) atoms. The maximum absolute atomic E-state index is 12.5. The molecule has 3 fully saturated rings. The summed E-state index contributed by atoms with van der Waals surface area (Å²) in [6, 6.07) is 0. The van der Waals surface area contributed by atoms with E-state index in [0.29, 0.717) is 35.0 Å². The van der Waals surface area contributed by atoms with Crippen LogP contribution >= 0.6 is 0 Å². The highest BCUT2D eigenvalue weighted by atomic mass is 16.1. The van der Waals surface area contributed by atoms with Gasteiger partial charge >= 0.3 is 0 Å². The summed E-state index contributed by atoms with van der Waals surface area (Å²) in [6.45, 7) is 15.1. The van der Waals surface area contributed by atoms with Gasteiger partial charge in [-0.15, -0.1) is 0 Å². The van der Waals surface area contributed by atoms with Crippen LogP contribution < -0.4 is 0 Å². The molecular formula is C22H28O2. The number of rotatable bonds is 0. The van der Waals surface area contributed by atoms with Gasteiger partial charge < -0.3 is 0 Å². The molecule has 6 atom stereocenters. The van der Waals surface area contributed by atoms with Crippen molar-refractivity contribution in [2.45, 2.75) is 52.9 Å². The van der Waals surface area contributed by atoms with E-state index in [4.69, 9.17) is 0 Å². The summed E-state index contributed by atoms with van der Waals surface area (Å²) in [4.78, 5) is 24.8. The maximum Gasteiger partial charge on any atom is 0.185 e. The summed E-state index contributed by atoms with van der Waals surface area (Å²) >= 11 is 0. The van der Waals surface area contributed by atoms with Crippen LogP contribution in [-0.2, 0) is 9.59 Å². The van der Waals surface area contributed by atoms with Crippen LogP contribution in [0.4, 0.5) is 0 Å². The number of carbonyl (C=O) groups is 2. The first-order valence-electron chi connectivity index (χ1n) is 9.39. The van der Waals surface area contributed by atoms with Crippen LogP contribution in [0.25, 0.3) is 0 Å². The summed E-state index contributed by atoms with van der Waals surface area (Å²) in [6.07, 6.45) is 6.81. The van der Waals surface area contributed by atoms with Crippen molar-refractivity contribution in [2.75, 3.05) is 0 Å². The minimum Gasteiger partial charge on any atom is -0.299 e. The number of allylic oxidation sites excluding steroid dienone is 3. The molecule has 2 nitrogen and oxygen atoms in total. The summed E-state index contributed by atoms with van der Waals surface area (Å²) < 4.78 is 0. The van der Waals surface area contributed by atoms with Crippen molar-refractivity contribution < 1.29 is 9.59 Å². The van der Waals surface area contributed by atoms with Crippen LogP contribution in [-0.4, -0.2) is 11.6 Å². The zero-order valence-corrected chi connectivity index (χ0v) is 15.2. The molecule has 0 aliphatic heterocycles. The predicted molar refractivity (Wildman–Crippen MR) is 95.3 cm³/mol. The largest absolute Gasteiger partial charge is 0.299 e. The van der Waals surface area contributed by atoms with Gasteiger partial charge in [0.05, 0.1) is 0 Å². The highest BCUT2D eigenvalue weighted by Crippen LogP contribution is 2.66. The lowest BCUT2D eigenvalue weighted by atomic mass is 9.44. The molecular weight excluding hydrogens is 296 g/mol. The molecule has 128 valence electrons. The average molecular weight is 324 g/mol. The highest BCUT2D eigenvalue weighted by Gasteiger charge is 2.61. The van der Waals surface area contributed by atoms with Gasteiger partial charge in [0.2, 0.25) is 0 Å². The van der Waals surface area contributed by atoms with Crippen LogP contribution in [0.5, 0.6) is 0 Å². The quantitative estimate of drug-likeness (QED) is 0.607. The maximum atomic E-state index is 12.5. The summed E-state index contributed by atoms with van der Waals surface area (Å²) in [5.41, 5.74) is 2.52. The van der Waals surface area contributed by atoms with E-state index in [0.717, 1.165) is 37.7 Å². The third-order valence-corrected chi connectivity index (χ3v) is 8.22. The lowest BCUT2D eigenvalue weighted by Gasteiger charge is -2.59. The standard InChI is InChI=1S/C22H28O2/c1-12-10-15-16-6-7-20(24)21(16,4)9-8-17(15)22(5)14(3)13(2)19(23)11-18(12)22/h11-12,15-17H,2-3,6-10H2,1,4-5H3/t12?,15-,16-,17+,21-,22+/m0/s1. The normalized spacial score (nSPS) is 47.9. The molecule has 3 saturated carbocycles. The lowest BCUT2D eigenvalue weighted by Crippen LogP contribution is -2.53. The Kier molecular flexibility index (Phi) is 3.21. The Hall–Kier alpha value is -1.44. The minimum absolute atomic E-state index is 0.0365. The van der Waals surface area contributed by atoms with Crippen molar-refractivity contribution in [3.63, 3.8) is 0 Å². The monoisotopic (exact) mass is 324 g/mol. The molecule has 0 N–H and O–H groups in total. The molecule has 4 aliphatic rings. The molecule has 0 amide bonds. The third-order valence-electron chi connectivity index (χ3n) is 8.22. The van der Waals surface area contributed by atoms with Gasteiger partial charge in [-0.2, -0.15) is 0 Å². The predicted octanol–water partition coefficient (Wildman–Crippen LogP) is 4.67. The molecule has 0 saturated heterocycles. The van der Waals surface area contributed by atoms with E-state index in [1.165, 1.54) is 5.57 Å². The second-order valence-corrected chi connectivity index (χ2v) is 9.05. The second-order valence-electron chi connectivity index (χ2n) is 9.05. The van der Waals surface area contributed by atoms with Gasteiger partial charge in [0.1, 0.15) is 5.78 Å². The second kappa shape index (κ2) is 4.80. The van der Waals surface area contributed by atoms with Crippen molar-refractivity contribution in [1.82, 2.24) is 0 Å². The van der Waals surface area contributed by atoms with E-state index in [1.54, 1.807) is 0 Å². The number of fused-ring (bicyclic) bond motifs is 5. The molecule has 0 radical (unpaired) electrons. The van der Waals surface area contributed by atoms with E-state index in [2.05, 4.69) is 33.9 Å². The van der Waals surface area contributed by atoms with Crippen molar-refractivity contribution in [3.8, 4) is 0 Å². The zero-order chi connectivity index (χ0) is 17.4. The molecule has 0 aromatic carbocycles. The first kappa shape index (κ1) is 16.1. The SMILES string of the molecule is C=C1C(=C)[C@@]2(C)C(=CC1=O)C(C)C[C@@H]1[C@H]2CC[C@]2(C)C(=O)CC[C@@H]12. The zero-order valence-electron chi connectivity index (χ0n) is 15.2. The highest BCUT2D eigenvalue weighted by molar-refractivity contribution is 6.09. The van der Waals surface area contributed by atoms with Crippen molar-refractivity contribution in [1.29, 1.82) is 0 Å². The van der Waals surface area contributed by atoms with Gasteiger partial charge in [0.25, 0.3) is 0 Å². The Morgan fingerprint density at radius 2 is 1.83 bits per heavy atom. The number of hydrogen-bond donors (Lipinski definition) is 0. The fraction of sp³-hybridized carbons (Fsp3) is 0.636. The first-order chi connectivity index (χ1) is 11.2. The van der Waals surface area contributed by atoms with Crippen LogP contribution in [0.3, 0.4) is 0 Å². The molecule has 0 bridgehead atoms. The van der Waals surface area contributed by atoms with Gasteiger partial charge in [-0.25, -0.2) is 0 Å². The van der Waals surface area contributed by atoms with Crippen LogP contribution in [0, 0.1) is 34.5 Å².